The highest BCUT2D eigenvalue weighted by molar-refractivity contribution is 9.10. The Hall–Kier alpha value is -0.630. The van der Waals surface area contributed by atoms with Gasteiger partial charge >= 0.3 is 0 Å². The van der Waals surface area contributed by atoms with Gasteiger partial charge in [-0.1, -0.05) is 17.7 Å². The van der Waals surface area contributed by atoms with Crippen LogP contribution in [0.4, 0.5) is 10.1 Å². The third-order valence-electron chi connectivity index (χ3n) is 2.23. The van der Waals surface area contributed by atoms with Gasteiger partial charge in [0.2, 0.25) is 10.0 Å². The molecule has 0 unspecified atom stereocenters. The molecule has 0 saturated heterocycles. The van der Waals surface area contributed by atoms with Crippen LogP contribution in [0.25, 0.3) is 0 Å². The van der Waals surface area contributed by atoms with Gasteiger partial charge in [0.15, 0.2) is 5.82 Å². The number of nitrogens with two attached hydrogens (primary N) is 1. The van der Waals surface area contributed by atoms with E-state index in [2.05, 4.69) is 22.5 Å². The number of hydrogen-bond acceptors (Lipinski definition) is 3. The molecule has 0 fully saturated rings. The van der Waals surface area contributed by atoms with Crippen molar-refractivity contribution in [2.45, 2.75) is 4.90 Å². The van der Waals surface area contributed by atoms with E-state index in [0.717, 1.165) is 10.4 Å². The summed E-state index contributed by atoms with van der Waals surface area (Å²) in [5.41, 5.74) is 5.11. The number of likely N-dealkylation sites (N-methyl/N-ethyl adjacent to an activating group) is 1. The lowest BCUT2D eigenvalue weighted by atomic mass is 10.3. The molecule has 1 rings (SSSR count). The molecule has 0 aliphatic rings. The average molecular weight is 358 g/mol. The van der Waals surface area contributed by atoms with Crippen LogP contribution in [0.15, 0.2) is 28.1 Å². The Morgan fingerprint density at radius 2 is 2.22 bits per heavy atom. The summed E-state index contributed by atoms with van der Waals surface area (Å²) in [6.07, 6.45) is 1.39. The molecule has 0 radical (unpaired) electrons. The van der Waals surface area contributed by atoms with Gasteiger partial charge in [0.1, 0.15) is 4.90 Å². The monoisotopic (exact) mass is 356 g/mol. The van der Waals surface area contributed by atoms with E-state index < -0.39 is 20.7 Å². The van der Waals surface area contributed by atoms with Crippen LogP contribution in [-0.2, 0) is 10.0 Å². The quantitative estimate of drug-likeness (QED) is 0.512. The third-order valence-corrected chi connectivity index (χ3v) is 5.43. The molecule has 2 N–H and O–H groups in total. The molecule has 0 spiro atoms. The van der Waals surface area contributed by atoms with Gasteiger partial charge in [0, 0.05) is 13.6 Å². The third kappa shape index (κ3) is 2.69. The maximum atomic E-state index is 13.9. The molecule has 0 saturated carbocycles. The van der Waals surface area contributed by atoms with Crippen LogP contribution in [0, 0.1) is 5.82 Å². The molecule has 0 aromatic heterocycles. The summed E-state index contributed by atoms with van der Waals surface area (Å²) in [7, 11) is -2.68. The first-order valence-corrected chi connectivity index (χ1v) is 7.34. The van der Waals surface area contributed by atoms with Crippen molar-refractivity contribution < 1.29 is 12.8 Å². The lowest BCUT2D eigenvalue weighted by Gasteiger charge is -2.17. The fourth-order valence-corrected chi connectivity index (χ4v) is 3.04. The van der Waals surface area contributed by atoms with Crippen molar-refractivity contribution in [3.63, 3.8) is 0 Å². The smallest absolute Gasteiger partial charge is 0.246 e. The van der Waals surface area contributed by atoms with E-state index in [9.17, 15) is 12.8 Å². The van der Waals surface area contributed by atoms with Crippen LogP contribution in [0.2, 0.25) is 5.02 Å². The first-order valence-electron chi connectivity index (χ1n) is 4.73. The summed E-state index contributed by atoms with van der Waals surface area (Å²) in [6.45, 7) is 3.47. The maximum Gasteiger partial charge on any atom is 0.246 e. The minimum absolute atomic E-state index is 0.0273. The average Bonchev–Trinajstić information content (AvgIpc) is 2.31. The van der Waals surface area contributed by atoms with Crippen molar-refractivity contribution in [1.82, 2.24) is 4.31 Å². The lowest BCUT2D eigenvalue weighted by Crippen LogP contribution is -2.28. The van der Waals surface area contributed by atoms with Crippen LogP contribution in [0.1, 0.15) is 0 Å². The van der Waals surface area contributed by atoms with Crippen molar-refractivity contribution >= 4 is 43.2 Å². The number of nitrogen functional groups attached to an aromatic ring is 1. The van der Waals surface area contributed by atoms with Crippen molar-refractivity contribution in [3.8, 4) is 0 Å². The zero-order valence-corrected chi connectivity index (χ0v) is 12.6. The first-order chi connectivity index (χ1) is 8.23. The highest BCUT2D eigenvalue weighted by Crippen LogP contribution is 2.35. The number of benzene rings is 1. The van der Waals surface area contributed by atoms with Gasteiger partial charge in [-0.3, -0.25) is 0 Å². The Morgan fingerprint density at radius 3 is 2.72 bits per heavy atom. The summed E-state index contributed by atoms with van der Waals surface area (Å²) in [4.78, 5) is -0.558. The second kappa shape index (κ2) is 5.56. The summed E-state index contributed by atoms with van der Waals surface area (Å²) >= 11 is 8.76. The number of nitrogens with zero attached hydrogens (tertiary/aromatic N) is 1. The van der Waals surface area contributed by atoms with E-state index in [1.54, 1.807) is 0 Å². The zero-order valence-electron chi connectivity index (χ0n) is 9.45. The molecule has 0 aliphatic heterocycles. The van der Waals surface area contributed by atoms with Crippen LogP contribution < -0.4 is 5.73 Å². The van der Waals surface area contributed by atoms with Crippen molar-refractivity contribution in [3.05, 3.63) is 34.0 Å². The Kier molecular flexibility index (Phi) is 4.77. The second-order valence-corrected chi connectivity index (χ2v) is 6.69. The minimum Gasteiger partial charge on any atom is -0.395 e. The fourth-order valence-electron chi connectivity index (χ4n) is 1.24. The van der Waals surface area contributed by atoms with Crippen molar-refractivity contribution in [2.75, 3.05) is 19.3 Å². The van der Waals surface area contributed by atoms with Crippen LogP contribution in [-0.4, -0.2) is 26.3 Å². The van der Waals surface area contributed by atoms with Gasteiger partial charge < -0.3 is 5.73 Å². The second-order valence-electron chi connectivity index (χ2n) is 3.47. The van der Waals surface area contributed by atoms with E-state index in [-0.39, 0.29) is 21.7 Å². The van der Waals surface area contributed by atoms with Gasteiger partial charge in [-0.15, -0.1) is 6.58 Å². The number of halogens is 3. The summed E-state index contributed by atoms with van der Waals surface area (Å²) < 4.78 is 39.1. The standard InChI is InChI=1S/C10H11BrClFN2O2S/c1-3-4-15(2)18(16,17)7-5-6(12)8(11)10(14)9(7)13/h3,5H,1,4,14H2,2H3. The van der Waals surface area contributed by atoms with Gasteiger partial charge in [-0.25, -0.2) is 12.8 Å². The number of anilines is 1. The minimum atomic E-state index is -3.99. The highest BCUT2D eigenvalue weighted by Gasteiger charge is 2.27. The van der Waals surface area contributed by atoms with Gasteiger partial charge in [0.05, 0.1) is 15.2 Å². The normalized spacial score (nSPS) is 11.8. The van der Waals surface area contributed by atoms with Crippen LogP contribution in [0.3, 0.4) is 0 Å². The molecule has 0 atom stereocenters. The maximum absolute atomic E-state index is 13.9. The Balaban J connectivity index is 3.47. The van der Waals surface area contributed by atoms with Crippen LogP contribution >= 0.6 is 27.5 Å². The molecule has 0 heterocycles. The summed E-state index contributed by atoms with van der Waals surface area (Å²) in [5.74, 6) is -1.03. The molecule has 8 heteroatoms. The predicted molar refractivity (Wildman–Crippen MR) is 73.5 cm³/mol. The van der Waals surface area contributed by atoms with E-state index >= 15 is 0 Å². The highest BCUT2D eigenvalue weighted by atomic mass is 79.9. The van der Waals surface area contributed by atoms with Crippen molar-refractivity contribution in [1.29, 1.82) is 0 Å². The van der Waals surface area contributed by atoms with Gasteiger partial charge in [-0.05, 0) is 22.0 Å². The Bertz CT molecular complexity index is 592. The first kappa shape index (κ1) is 15.4. The topological polar surface area (TPSA) is 63.4 Å². The molecular formula is C10H11BrClFN2O2S. The van der Waals surface area contributed by atoms with Crippen molar-refractivity contribution in [2.24, 2.45) is 0 Å². The molecule has 4 nitrogen and oxygen atoms in total. The molecule has 0 bridgehead atoms. The molecule has 1 aromatic carbocycles. The lowest BCUT2D eigenvalue weighted by molar-refractivity contribution is 0.490. The predicted octanol–water partition coefficient (Wildman–Crippen LogP) is 2.63. The van der Waals surface area contributed by atoms with E-state index in [4.69, 9.17) is 17.3 Å². The molecule has 0 amide bonds. The van der Waals surface area contributed by atoms with E-state index in [0.29, 0.717) is 0 Å². The summed E-state index contributed by atoms with van der Waals surface area (Å²) in [5, 5.41) is 0.0273. The molecule has 0 aliphatic carbocycles. The fraction of sp³-hybridized carbons (Fsp3) is 0.200. The van der Waals surface area contributed by atoms with E-state index in [1.807, 2.05) is 0 Å². The SMILES string of the molecule is C=CCN(C)S(=O)(=O)c1cc(Cl)c(Br)c(N)c1F. The molecular weight excluding hydrogens is 347 g/mol. The van der Waals surface area contributed by atoms with Gasteiger partial charge in [0.25, 0.3) is 0 Å². The largest absolute Gasteiger partial charge is 0.395 e. The van der Waals surface area contributed by atoms with E-state index in [1.165, 1.54) is 13.1 Å². The molecule has 100 valence electrons. The number of sulfonamides is 1. The summed E-state index contributed by atoms with van der Waals surface area (Å²) in [6, 6.07) is 1.02. The Labute approximate surface area is 118 Å². The number of rotatable bonds is 4. The van der Waals surface area contributed by atoms with Gasteiger partial charge in [-0.2, -0.15) is 4.31 Å². The zero-order chi connectivity index (χ0) is 14.1. The number of hydrogen-bond donors (Lipinski definition) is 1. The Morgan fingerprint density at radius 1 is 1.67 bits per heavy atom. The molecule has 18 heavy (non-hydrogen) atoms. The molecule has 1 aromatic rings. The van der Waals surface area contributed by atoms with Crippen LogP contribution in [0.5, 0.6) is 0 Å².